The average Bonchev–Trinajstić information content (AvgIpc) is 2.27. The molecule has 0 radical (unpaired) electrons. The van der Waals surface area contributed by atoms with Crippen molar-refractivity contribution >= 4 is 0 Å². The molecule has 2 heteroatoms. The lowest BCUT2D eigenvalue weighted by Crippen LogP contribution is -2.15. The largest absolute Gasteiger partial charge is 0.494 e. The summed E-state index contributed by atoms with van der Waals surface area (Å²) in [4.78, 5) is 2.16. The van der Waals surface area contributed by atoms with Crippen LogP contribution in [0.1, 0.15) is 26.7 Å². The van der Waals surface area contributed by atoms with Crippen molar-refractivity contribution in [3.8, 4) is 5.75 Å². The average molecular weight is 223 g/mol. The van der Waals surface area contributed by atoms with E-state index in [0.717, 1.165) is 25.3 Å². The number of nitrogens with zero attached hydrogens (tertiary/aromatic N) is 1. The molecule has 0 saturated carbocycles. The zero-order valence-electron chi connectivity index (χ0n) is 11.1. The molecule has 1 rings (SSSR count). The molecule has 0 unspecified atom stereocenters. The summed E-state index contributed by atoms with van der Waals surface area (Å²) in [7, 11) is 4.14. The van der Waals surface area contributed by atoms with E-state index in [1.807, 2.05) is 30.3 Å². The molecule has 0 saturated heterocycles. The molecule has 0 aromatic heterocycles. The summed E-state index contributed by atoms with van der Waals surface area (Å²) in [5.74, 6) is 0.959. The highest BCUT2D eigenvalue weighted by Crippen LogP contribution is 2.08. The second kappa shape index (κ2) is 10.5. The van der Waals surface area contributed by atoms with Gasteiger partial charge in [-0.3, -0.25) is 0 Å². The molecule has 1 aromatic rings. The second-order valence-electron chi connectivity index (χ2n) is 4.03. The number of rotatable bonds is 5. The Morgan fingerprint density at radius 3 is 2.12 bits per heavy atom. The van der Waals surface area contributed by atoms with E-state index < -0.39 is 0 Å². The van der Waals surface area contributed by atoms with Crippen molar-refractivity contribution in [3.05, 3.63) is 30.3 Å². The van der Waals surface area contributed by atoms with Gasteiger partial charge in [0.2, 0.25) is 0 Å². The summed E-state index contributed by atoms with van der Waals surface area (Å²) in [5, 5.41) is 0. The van der Waals surface area contributed by atoms with E-state index in [9.17, 15) is 0 Å². The van der Waals surface area contributed by atoms with E-state index in [2.05, 4.69) is 32.8 Å². The molecule has 0 aliphatic heterocycles. The lowest BCUT2D eigenvalue weighted by molar-refractivity contribution is 0.281. The smallest absolute Gasteiger partial charge is 0.119 e. The van der Waals surface area contributed by atoms with Gasteiger partial charge in [0.15, 0.2) is 0 Å². The summed E-state index contributed by atoms with van der Waals surface area (Å²) in [6.07, 6.45) is 2.32. The van der Waals surface area contributed by atoms with Gasteiger partial charge in [-0.2, -0.15) is 0 Å². The third-order valence-corrected chi connectivity index (χ3v) is 1.76. The molecule has 0 atom stereocenters. The SMILES string of the molecule is CCC.CN(C)CCCOc1ccccc1. The highest BCUT2D eigenvalue weighted by molar-refractivity contribution is 5.20. The molecule has 1 aromatic carbocycles. The molecule has 2 nitrogen and oxygen atoms in total. The number of benzene rings is 1. The van der Waals surface area contributed by atoms with Crippen LogP contribution in [0.25, 0.3) is 0 Å². The highest BCUT2D eigenvalue weighted by Gasteiger charge is 1.92. The van der Waals surface area contributed by atoms with Gasteiger partial charge in [0, 0.05) is 6.54 Å². The summed E-state index contributed by atoms with van der Waals surface area (Å²) in [6, 6.07) is 9.93. The van der Waals surface area contributed by atoms with E-state index in [4.69, 9.17) is 4.74 Å². The molecular formula is C14H25NO. The van der Waals surface area contributed by atoms with Crippen LogP contribution >= 0.6 is 0 Å². The van der Waals surface area contributed by atoms with E-state index in [1.165, 1.54) is 6.42 Å². The Hall–Kier alpha value is -1.02. The Balaban J connectivity index is 0.000000673. The van der Waals surface area contributed by atoms with Gasteiger partial charge in [-0.1, -0.05) is 38.5 Å². The van der Waals surface area contributed by atoms with Crippen LogP contribution in [0.5, 0.6) is 5.75 Å². The fraction of sp³-hybridized carbons (Fsp3) is 0.571. The first-order valence-corrected chi connectivity index (χ1v) is 6.03. The van der Waals surface area contributed by atoms with Crippen molar-refractivity contribution in [2.75, 3.05) is 27.2 Å². The molecule has 0 N–H and O–H groups in total. The fourth-order valence-corrected chi connectivity index (χ4v) is 1.09. The van der Waals surface area contributed by atoms with Gasteiger partial charge in [0.1, 0.15) is 5.75 Å². The number of ether oxygens (including phenoxy) is 1. The lowest BCUT2D eigenvalue weighted by atomic mass is 10.3. The zero-order chi connectivity index (χ0) is 12.2. The third kappa shape index (κ3) is 9.53. The maximum absolute atomic E-state index is 5.53. The van der Waals surface area contributed by atoms with Gasteiger partial charge in [-0.05, 0) is 32.6 Å². The Labute approximate surface area is 100 Å². The molecule has 0 aliphatic carbocycles. The predicted molar refractivity (Wildman–Crippen MR) is 71.1 cm³/mol. The van der Waals surface area contributed by atoms with Crippen LogP contribution in [0.4, 0.5) is 0 Å². The van der Waals surface area contributed by atoms with Crippen molar-refractivity contribution in [3.63, 3.8) is 0 Å². The van der Waals surface area contributed by atoms with Gasteiger partial charge in [-0.25, -0.2) is 0 Å². The van der Waals surface area contributed by atoms with Gasteiger partial charge in [0.25, 0.3) is 0 Å². The Morgan fingerprint density at radius 1 is 1.06 bits per heavy atom. The molecule has 92 valence electrons. The Bertz CT molecular complexity index is 234. The number of hydrogen-bond donors (Lipinski definition) is 0. The maximum Gasteiger partial charge on any atom is 0.119 e. The number of para-hydroxylation sites is 1. The molecule has 0 heterocycles. The quantitative estimate of drug-likeness (QED) is 0.709. The first-order valence-electron chi connectivity index (χ1n) is 6.03. The van der Waals surface area contributed by atoms with Crippen LogP contribution < -0.4 is 4.74 Å². The molecule has 0 bridgehead atoms. The molecule has 0 aliphatic rings. The zero-order valence-corrected chi connectivity index (χ0v) is 11.1. The van der Waals surface area contributed by atoms with E-state index in [0.29, 0.717) is 0 Å². The monoisotopic (exact) mass is 223 g/mol. The van der Waals surface area contributed by atoms with Gasteiger partial charge in [-0.15, -0.1) is 0 Å². The fourth-order valence-electron chi connectivity index (χ4n) is 1.09. The second-order valence-corrected chi connectivity index (χ2v) is 4.03. The summed E-state index contributed by atoms with van der Waals surface area (Å²) in [5.41, 5.74) is 0. The normalized spacial score (nSPS) is 9.56. The molecular weight excluding hydrogens is 198 g/mol. The predicted octanol–water partition coefficient (Wildman–Crippen LogP) is 3.43. The van der Waals surface area contributed by atoms with Crippen molar-refractivity contribution in [1.82, 2.24) is 4.90 Å². The highest BCUT2D eigenvalue weighted by atomic mass is 16.5. The third-order valence-electron chi connectivity index (χ3n) is 1.76. The molecule has 0 fully saturated rings. The number of hydrogen-bond acceptors (Lipinski definition) is 2. The van der Waals surface area contributed by atoms with E-state index in [1.54, 1.807) is 0 Å². The van der Waals surface area contributed by atoms with Crippen LogP contribution in [0.3, 0.4) is 0 Å². The van der Waals surface area contributed by atoms with E-state index >= 15 is 0 Å². The maximum atomic E-state index is 5.53. The lowest BCUT2D eigenvalue weighted by Gasteiger charge is -2.09. The van der Waals surface area contributed by atoms with Crippen LogP contribution in [0.15, 0.2) is 30.3 Å². The summed E-state index contributed by atoms with van der Waals surface area (Å²) >= 11 is 0. The minimum absolute atomic E-state index is 0.794. The van der Waals surface area contributed by atoms with Crippen LogP contribution in [-0.2, 0) is 0 Å². The van der Waals surface area contributed by atoms with Crippen LogP contribution in [0, 0.1) is 0 Å². The standard InChI is InChI=1S/C11H17NO.C3H8/c1-12(2)9-6-10-13-11-7-4-3-5-8-11;1-3-2/h3-5,7-8H,6,9-10H2,1-2H3;3H2,1-2H3. The van der Waals surface area contributed by atoms with Gasteiger partial charge >= 0.3 is 0 Å². The Morgan fingerprint density at radius 2 is 1.62 bits per heavy atom. The van der Waals surface area contributed by atoms with Crippen LogP contribution in [-0.4, -0.2) is 32.1 Å². The van der Waals surface area contributed by atoms with Crippen molar-refractivity contribution in [2.45, 2.75) is 26.7 Å². The minimum atomic E-state index is 0.794. The molecule has 0 amide bonds. The molecule has 0 spiro atoms. The van der Waals surface area contributed by atoms with Crippen LogP contribution in [0.2, 0.25) is 0 Å². The summed E-state index contributed by atoms with van der Waals surface area (Å²) in [6.45, 7) is 6.12. The van der Waals surface area contributed by atoms with Crippen molar-refractivity contribution in [1.29, 1.82) is 0 Å². The van der Waals surface area contributed by atoms with E-state index in [-0.39, 0.29) is 0 Å². The first-order chi connectivity index (χ1) is 7.70. The van der Waals surface area contributed by atoms with Crippen molar-refractivity contribution in [2.24, 2.45) is 0 Å². The minimum Gasteiger partial charge on any atom is -0.494 e. The van der Waals surface area contributed by atoms with Crippen molar-refractivity contribution < 1.29 is 4.74 Å². The summed E-state index contributed by atoms with van der Waals surface area (Å²) < 4.78 is 5.53. The molecule has 16 heavy (non-hydrogen) atoms. The van der Waals surface area contributed by atoms with Gasteiger partial charge in [0.05, 0.1) is 6.61 Å². The Kier molecular flexibility index (Phi) is 9.83. The van der Waals surface area contributed by atoms with Gasteiger partial charge < -0.3 is 9.64 Å². The first kappa shape index (κ1) is 15.0. The topological polar surface area (TPSA) is 12.5 Å².